The number of nitrogens with zero attached hydrogens (tertiary/aromatic N) is 2. The van der Waals surface area contributed by atoms with Gasteiger partial charge in [0, 0.05) is 17.9 Å². The second kappa shape index (κ2) is 4.59. The molecular weight excluding hydrogens is 193 g/mol. The topological polar surface area (TPSA) is 71.8 Å². The molecular formula is C9H10BN3O2. The van der Waals surface area contributed by atoms with Gasteiger partial charge in [0.15, 0.2) is 7.85 Å². The van der Waals surface area contributed by atoms with Crippen LogP contribution in [0, 0.1) is 10.1 Å². The van der Waals surface area contributed by atoms with E-state index in [0.717, 1.165) is 0 Å². The fraction of sp³-hybridized carbons (Fsp3) is 0.222. The van der Waals surface area contributed by atoms with Gasteiger partial charge >= 0.3 is 0 Å². The lowest BCUT2D eigenvalue weighted by molar-refractivity contribution is -0.384. The van der Waals surface area contributed by atoms with E-state index < -0.39 is 4.92 Å². The molecule has 0 spiro atoms. The van der Waals surface area contributed by atoms with Crippen LogP contribution < -0.4 is 5.72 Å². The molecule has 0 atom stereocenters. The number of nitro groups is 1. The van der Waals surface area contributed by atoms with E-state index in [1.165, 1.54) is 12.1 Å². The van der Waals surface area contributed by atoms with Crippen LogP contribution >= 0.6 is 0 Å². The molecule has 0 bridgehead atoms. The number of benzene rings is 1. The van der Waals surface area contributed by atoms with Crippen LogP contribution in [0.25, 0.3) is 11.0 Å². The summed E-state index contributed by atoms with van der Waals surface area (Å²) in [4.78, 5) is 16.6. The van der Waals surface area contributed by atoms with Crippen LogP contribution in [0.3, 0.4) is 0 Å². The van der Waals surface area contributed by atoms with Crippen LogP contribution in [0.2, 0.25) is 0 Å². The summed E-state index contributed by atoms with van der Waals surface area (Å²) in [6, 6.07) is 4.35. The first-order valence-electron chi connectivity index (χ1n) is 4.56. The summed E-state index contributed by atoms with van der Waals surface area (Å²) in [7, 11) is 5.38. The largest absolute Gasteiger partial charge is 0.351 e. The number of aromatic nitrogens is 2. The summed E-state index contributed by atoms with van der Waals surface area (Å²) >= 11 is 0. The van der Waals surface area contributed by atoms with Crippen LogP contribution in [0.4, 0.5) is 5.69 Å². The number of imidazole rings is 1. The molecule has 2 rings (SSSR count). The van der Waals surface area contributed by atoms with Gasteiger partial charge in [-0.25, -0.2) is 4.98 Å². The Morgan fingerprint density at radius 1 is 1.47 bits per heavy atom. The number of nitrogens with one attached hydrogen (secondary N) is 1. The Hall–Kier alpha value is -1.85. The summed E-state index contributed by atoms with van der Waals surface area (Å²) in [5, 5.41) is 10.4. The van der Waals surface area contributed by atoms with Crippen molar-refractivity contribution < 1.29 is 4.92 Å². The van der Waals surface area contributed by atoms with Crippen molar-refractivity contribution in [1.82, 2.24) is 9.97 Å². The molecule has 2 radical (unpaired) electrons. The van der Waals surface area contributed by atoms with E-state index in [-0.39, 0.29) is 11.4 Å². The number of hydrogen-bond acceptors (Lipinski definition) is 3. The number of rotatable bonds is 1. The Bertz CT molecular complexity index is 481. The van der Waals surface area contributed by atoms with Gasteiger partial charge in [0.1, 0.15) is 0 Å². The maximum absolute atomic E-state index is 10.4. The first kappa shape index (κ1) is 11.2. The predicted molar refractivity (Wildman–Crippen MR) is 59.5 cm³/mol. The predicted octanol–water partition coefficient (Wildman–Crippen LogP) is 1.29. The highest BCUT2D eigenvalue weighted by Gasteiger charge is 2.07. The molecule has 5 nitrogen and oxygen atoms in total. The van der Waals surface area contributed by atoms with Crippen molar-refractivity contribution in [2.45, 2.75) is 13.8 Å². The quantitative estimate of drug-likeness (QED) is 0.431. The van der Waals surface area contributed by atoms with E-state index in [1.807, 2.05) is 13.8 Å². The molecule has 0 amide bonds. The van der Waals surface area contributed by atoms with Gasteiger partial charge in [-0.3, -0.25) is 10.1 Å². The highest BCUT2D eigenvalue weighted by atomic mass is 16.6. The maximum atomic E-state index is 10.4. The lowest BCUT2D eigenvalue weighted by Crippen LogP contribution is -2.04. The zero-order valence-electron chi connectivity index (χ0n) is 8.52. The van der Waals surface area contributed by atoms with E-state index >= 15 is 0 Å². The fourth-order valence-corrected chi connectivity index (χ4v) is 1.13. The molecule has 0 fully saturated rings. The lowest BCUT2D eigenvalue weighted by Gasteiger charge is -1.89. The summed E-state index contributed by atoms with van der Waals surface area (Å²) in [5.41, 5.74) is 1.49. The van der Waals surface area contributed by atoms with Crippen molar-refractivity contribution in [1.29, 1.82) is 0 Å². The average Bonchev–Trinajstić information content (AvgIpc) is 2.59. The number of non-ortho nitro benzene ring substituents is 1. The number of aromatic amines is 1. The lowest BCUT2D eigenvalue weighted by atomic mass is 10.1. The smallest absolute Gasteiger partial charge is 0.271 e. The second-order valence-electron chi connectivity index (χ2n) is 2.58. The standard InChI is InChI=1S/C7H4BN3O2.C2H6/c8-7-9-5-2-1-4(11(12)13)3-6(5)10-7;1-2/h1-3H,(H,9,10);1-2H3. The van der Waals surface area contributed by atoms with Crippen molar-refractivity contribution in [2.24, 2.45) is 0 Å². The highest BCUT2D eigenvalue weighted by molar-refractivity contribution is 6.30. The van der Waals surface area contributed by atoms with Crippen LogP contribution in [0.1, 0.15) is 13.8 Å². The molecule has 0 aliphatic heterocycles. The summed E-state index contributed by atoms with van der Waals surface area (Å²) in [6.45, 7) is 4.00. The molecule has 0 aliphatic rings. The molecule has 76 valence electrons. The molecule has 1 heterocycles. The van der Waals surface area contributed by atoms with Gasteiger partial charge in [0.2, 0.25) is 0 Å². The van der Waals surface area contributed by atoms with Crippen molar-refractivity contribution in [3.8, 4) is 0 Å². The maximum Gasteiger partial charge on any atom is 0.271 e. The first-order valence-corrected chi connectivity index (χ1v) is 4.56. The molecule has 6 heteroatoms. The highest BCUT2D eigenvalue weighted by Crippen LogP contribution is 2.16. The average molecular weight is 203 g/mol. The van der Waals surface area contributed by atoms with Crippen LogP contribution in [0.15, 0.2) is 18.2 Å². The monoisotopic (exact) mass is 203 g/mol. The molecule has 0 aliphatic carbocycles. The normalized spacial score (nSPS) is 9.47. The van der Waals surface area contributed by atoms with Gasteiger partial charge < -0.3 is 4.98 Å². The molecule has 2 aromatic rings. The minimum absolute atomic E-state index is 0.0242. The molecule has 1 N–H and O–H groups in total. The van der Waals surface area contributed by atoms with Crippen LogP contribution in [-0.2, 0) is 0 Å². The van der Waals surface area contributed by atoms with Crippen molar-refractivity contribution in [2.75, 3.05) is 0 Å². The third kappa shape index (κ3) is 2.34. The Balaban J connectivity index is 0.000000531. The molecule has 1 aromatic heterocycles. The van der Waals surface area contributed by atoms with Gasteiger partial charge in [0.25, 0.3) is 5.69 Å². The molecule has 1 aromatic carbocycles. The van der Waals surface area contributed by atoms with Crippen molar-refractivity contribution in [3.05, 3.63) is 28.3 Å². The minimum Gasteiger partial charge on any atom is -0.351 e. The van der Waals surface area contributed by atoms with Crippen molar-refractivity contribution >= 4 is 30.3 Å². The number of H-pyrrole nitrogens is 1. The van der Waals surface area contributed by atoms with Gasteiger partial charge in [-0.05, 0) is 6.07 Å². The first-order chi connectivity index (χ1) is 7.16. The Morgan fingerprint density at radius 2 is 2.13 bits per heavy atom. The van der Waals surface area contributed by atoms with E-state index in [2.05, 4.69) is 9.97 Å². The fourth-order valence-electron chi connectivity index (χ4n) is 1.13. The minimum atomic E-state index is -0.462. The number of hydrogen-bond donors (Lipinski definition) is 1. The van der Waals surface area contributed by atoms with Crippen molar-refractivity contribution in [3.63, 3.8) is 0 Å². The third-order valence-corrected chi connectivity index (χ3v) is 1.69. The van der Waals surface area contributed by atoms with E-state index in [4.69, 9.17) is 7.85 Å². The SMILES string of the molecule is CC.[B]c1nc2ccc([N+](=O)[O-])cc2[nH]1. The second-order valence-corrected chi connectivity index (χ2v) is 2.58. The van der Waals surface area contributed by atoms with Crippen LogP contribution in [-0.4, -0.2) is 22.7 Å². The van der Waals surface area contributed by atoms with Gasteiger partial charge in [0.05, 0.1) is 16.0 Å². The molecule has 15 heavy (non-hydrogen) atoms. The third-order valence-electron chi connectivity index (χ3n) is 1.69. The number of nitro benzene ring substituents is 1. The zero-order chi connectivity index (χ0) is 11.4. The summed E-state index contributed by atoms with van der Waals surface area (Å²) < 4.78 is 0. The van der Waals surface area contributed by atoms with Gasteiger partial charge in [-0.15, -0.1) is 0 Å². The zero-order valence-corrected chi connectivity index (χ0v) is 8.52. The molecule has 0 unspecified atom stereocenters. The van der Waals surface area contributed by atoms with Gasteiger partial charge in [-0.2, -0.15) is 0 Å². The van der Waals surface area contributed by atoms with E-state index in [9.17, 15) is 10.1 Å². The van der Waals surface area contributed by atoms with E-state index in [1.54, 1.807) is 6.07 Å². The van der Waals surface area contributed by atoms with Gasteiger partial charge in [-0.1, -0.05) is 13.8 Å². The Labute approximate surface area is 88.1 Å². The molecule has 0 saturated heterocycles. The Kier molecular flexibility index (Phi) is 3.44. The molecule has 0 saturated carbocycles. The number of fused-ring (bicyclic) bond motifs is 1. The summed E-state index contributed by atoms with van der Waals surface area (Å²) in [6.07, 6.45) is 0. The van der Waals surface area contributed by atoms with Crippen LogP contribution in [0.5, 0.6) is 0 Å². The Morgan fingerprint density at radius 3 is 2.73 bits per heavy atom. The van der Waals surface area contributed by atoms with E-state index in [0.29, 0.717) is 11.0 Å². The summed E-state index contributed by atoms with van der Waals surface area (Å²) in [5.74, 6) is 0.